The van der Waals surface area contributed by atoms with Gasteiger partial charge in [0.05, 0.1) is 39.4 Å². The Bertz CT molecular complexity index is 1770. The van der Waals surface area contributed by atoms with Crippen LogP contribution in [0, 0.1) is 0 Å². The topological polar surface area (TPSA) is 97.6 Å². The minimum atomic E-state index is -4.60. The van der Waals surface area contributed by atoms with Gasteiger partial charge in [0.15, 0.2) is 0 Å². The fourth-order valence-corrected chi connectivity index (χ4v) is 5.30. The molecule has 1 amide bonds. The van der Waals surface area contributed by atoms with E-state index in [1.165, 1.54) is 12.1 Å². The summed E-state index contributed by atoms with van der Waals surface area (Å²) in [5.74, 6) is 0.567. The van der Waals surface area contributed by atoms with Crippen LogP contribution in [-0.2, 0) is 35.0 Å². The maximum absolute atomic E-state index is 13.3. The number of hydrogen-bond acceptors (Lipinski definition) is 5. The van der Waals surface area contributed by atoms with Crippen LogP contribution in [0.1, 0.15) is 23.9 Å². The minimum absolute atomic E-state index is 0.0705. The molecule has 0 saturated carbocycles. The van der Waals surface area contributed by atoms with Crippen molar-refractivity contribution in [2.75, 3.05) is 10.9 Å². The fourth-order valence-electron chi connectivity index (χ4n) is 4.53. The normalized spacial score (nSPS) is 12.5. The molecule has 0 fully saturated rings. The zero-order valence-electron chi connectivity index (χ0n) is 21.4. The molecule has 8 nitrogen and oxygen atoms in total. The number of anilines is 1. The third-order valence-electron chi connectivity index (χ3n) is 6.41. The summed E-state index contributed by atoms with van der Waals surface area (Å²) < 4.78 is 69.6. The second kappa shape index (κ2) is 11.5. The average molecular weight is 603 g/mol. The molecule has 0 aliphatic heterocycles. The van der Waals surface area contributed by atoms with Crippen molar-refractivity contribution in [3.05, 3.63) is 94.9 Å². The third-order valence-corrected chi connectivity index (χ3v) is 7.38. The Balaban J connectivity index is 1.32. The molecule has 0 spiro atoms. The molecule has 0 radical (unpaired) electrons. The van der Waals surface area contributed by atoms with Gasteiger partial charge in [0.25, 0.3) is 11.3 Å². The number of amides is 1. The second-order valence-corrected chi connectivity index (χ2v) is 10.2. The molecule has 41 heavy (non-hydrogen) atoms. The maximum atomic E-state index is 13.3. The van der Waals surface area contributed by atoms with Crippen molar-refractivity contribution in [3.8, 4) is 5.69 Å². The van der Waals surface area contributed by atoms with Crippen LogP contribution in [-0.4, -0.2) is 36.0 Å². The second-order valence-electron chi connectivity index (χ2n) is 8.94. The minimum Gasteiger partial charge on any atom is -0.448 e. The van der Waals surface area contributed by atoms with Crippen molar-refractivity contribution in [2.45, 2.75) is 25.9 Å². The predicted octanol–water partition coefficient (Wildman–Crippen LogP) is 7.13. The van der Waals surface area contributed by atoms with Gasteiger partial charge in [0, 0.05) is 30.1 Å². The number of fused-ring (bicyclic) bond motifs is 2. The molecule has 1 atom stereocenters. The lowest BCUT2D eigenvalue weighted by Crippen LogP contribution is -2.33. The number of pyridine rings is 1. The molecular weight excluding hydrogens is 581 g/mol. The number of aryl methyl sites for hydroxylation is 1. The first-order valence-electron chi connectivity index (χ1n) is 12.4. The summed E-state index contributed by atoms with van der Waals surface area (Å²) in [5.41, 5.74) is 1.90. The predicted molar refractivity (Wildman–Crippen MR) is 151 cm³/mol. The number of imidazole rings is 1. The Morgan fingerprint density at radius 1 is 1.10 bits per heavy atom. The van der Waals surface area contributed by atoms with Gasteiger partial charge in [0.2, 0.25) is 0 Å². The summed E-state index contributed by atoms with van der Waals surface area (Å²) in [6.07, 6.45) is -3.23. The number of rotatable bonds is 7. The van der Waals surface area contributed by atoms with E-state index >= 15 is 0 Å². The zero-order chi connectivity index (χ0) is 29.3. The molecule has 1 N–H and O–H groups in total. The van der Waals surface area contributed by atoms with E-state index in [-0.39, 0.29) is 17.8 Å². The molecule has 1 unspecified atom stereocenters. The van der Waals surface area contributed by atoms with Gasteiger partial charge in [0.1, 0.15) is 5.82 Å². The van der Waals surface area contributed by atoms with Crippen molar-refractivity contribution in [1.29, 1.82) is 0 Å². The monoisotopic (exact) mass is 602 g/mol. The lowest BCUT2D eigenvalue weighted by molar-refractivity contribution is -0.137. The summed E-state index contributed by atoms with van der Waals surface area (Å²) in [6, 6.07) is 17.6. The highest BCUT2D eigenvalue weighted by atomic mass is 35.5. The SMILES string of the molecule is CCc1nc2cc(C(F)(F)F)c(Cl)cc2n1-c1ccc(CCOC(=O)N(c2cccc3ncccc23)S(=O)O)cc1. The van der Waals surface area contributed by atoms with E-state index in [1.807, 2.05) is 6.92 Å². The highest BCUT2D eigenvalue weighted by Crippen LogP contribution is 2.38. The van der Waals surface area contributed by atoms with E-state index in [2.05, 4.69) is 9.97 Å². The van der Waals surface area contributed by atoms with Crippen molar-refractivity contribution in [3.63, 3.8) is 0 Å². The smallest absolute Gasteiger partial charge is 0.428 e. The van der Waals surface area contributed by atoms with Gasteiger partial charge in [-0.05, 0) is 54.1 Å². The zero-order valence-corrected chi connectivity index (χ0v) is 23.0. The average Bonchev–Trinajstić information content (AvgIpc) is 3.30. The van der Waals surface area contributed by atoms with Crippen LogP contribution in [0.2, 0.25) is 5.02 Å². The first-order chi connectivity index (χ1) is 19.6. The van der Waals surface area contributed by atoms with Crippen LogP contribution in [0.25, 0.3) is 27.6 Å². The number of hydrogen-bond donors (Lipinski definition) is 1. The number of benzene rings is 3. The first kappa shape index (κ1) is 28.5. The number of carbonyl (C=O) groups excluding carboxylic acids is 1. The Labute approximate surface area is 239 Å². The molecule has 5 aromatic rings. The molecule has 13 heteroatoms. The lowest BCUT2D eigenvalue weighted by Gasteiger charge is -2.19. The van der Waals surface area contributed by atoms with E-state index < -0.39 is 34.1 Å². The number of ether oxygens (including phenoxy) is 1. The van der Waals surface area contributed by atoms with Gasteiger partial charge in [-0.2, -0.15) is 17.5 Å². The van der Waals surface area contributed by atoms with Gasteiger partial charge < -0.3 is 4.74 Å². The molecular formula is C28H22ClF3N4O4S. The number of halogens is 4. The quantitative estimate of drug-likeness (QED) is 0.199. The summed E-state index contributed by atoms with van der Waals surface area (Å²) >= 11 is 3.29. The molecule has 0 saturated heterocycles. The molecule has 5 rings (SSSR count). The molecule has 212 valence electrons. The number of carbonyl (C=O) groups is 1. The highest BCUT2D eigenvalue weighted by molar-refractivity contribution is 7.81. The van der Waals surface area contributed by atoms with Crippen molar-refractivity contribution >= 4 is 56.6 Å². The first-order valence-corrected chi connectivity index (χ1v) is 13.8. The largest absolute Gasteiger partial charge is 0.448 e. The molecule has 0 aliphatic carbocycles. The third kappa shape index (κ3) is 5.76. The molecule has 2 heterocycles. The van der Waals surface area contributed by atoms with Gasteiger partial charge in [-0.25, -0.2) is 14.0 Å². The van der Waals surface area contributed by atoms with E-state index in [1.54, 1.807) is 59.3 Å². The number of alkyl halides is 3. The van der Waals surface area contributed by atoms with Crippen molar-refractivity contribution in [1.82, 2.24) is 14.5 Å². The Morgan fingerprint density at radius 2 is 1.85 bits per heavy atom. The van der Waals surface area contributed by atoms with Crippen LogP contribution in [0.15, 0.2) is 72.9 Å². The number of nitrogens with zero attached hydrogens (tertiary/aromatic N) is 4. The van der Waals surface area contributed by atoms with Gasteiger partial charge in [-0.1, -0.05) is 36.7 Å². The Kier molecular flexibility index (Phi) is 7.98. The van der Waals surface area contributed by atoms with Crippen LogP contribution in [0.4, 0.5) is 23.7 Å². The van der Waals surface area contributed by atoms with E-state index in [4.69, 9.17) is 16.3 Å². The Morgan fingerprint density at radius 3 is 2.54 bits per heavy atom. The van der Waals surface area contributed by atoms with Crippen molar-refractivity contribution < 1.29 is 31.5 Å². The van der Waals surface area contributed by atoms with E-state index in [9.17, 15) is 26.7 Å². The molecule has 3 aromatic carbocycles. The van der Waals surface area contributed by atoms with Gasteiger partial charge >= 0.3 is 12.3 Å². The van der Waals surface area contributed by atoms with Crippen LogP contribution >= 0.6 is 11.6 Å². The lowest BCUT2D eigenvalue weighted by atomic mass is 10.1. The Hall–Kier alpha value is -4.00. The molecule has 2 aromatic heterocycles. The van der Waals surface area contributed by atoms with Gasteiger partial charge in [-0.3, -0.25) is 14.1 Å². The number of aromatic nitrogens is 3. The van der Waals surface area contributed by atoms with E-state index in [0.29, 0.717) is 45.1 Å². The standard InChI is InChI=1S/C28H22ClF3N4O4S/c1-2-26-34-23-15-20(28(30,31)32)21(29)16-25(23)35(26)18-10-8-17(9-11-18)12-14-40-27(37)36(41(38)39)24-7-3-6-22-19(24)5-4-13-33-22/h3-11,13,15-16H,2,12,14H2,1H3,(H,38,39). The van der Waals surface area contributed by atoms with Crippen LogP contribution < -0.4 is 4.31 Å². The summed E-state index contributed by atoms with van der Waals surface area (Å²) in [7, 11) is 0. The van der Waals surface area contributed by atoms with Gasteiger partial charge in [-0.15, -0.1) is 0 Å². The molecule has 0 aliphatic rings. The summed E-state index contributed by atoms with van der Waals surface area (Å²) in [5, 5.41) is 0.101. The summed E-state index contributed by atoms with van der Waals surface area (Å²) in [4.78, 5) is 21.4. The summed E-state index contributed by atoms with van der Waals surface area (Å²) in [6.45, 7) is 1.78. The maximum Gasteiger partial charge on any atom is 0.428 e. The van der Waals surface area contributed by atoms with Crippen molar-refractivity contribution in [2.24, 2.45) is 0 Å². The van der Waals surface area contributed by atoms with Crippen LogP contribution in [0.5, 0.6) is 0 Å². The highest BCUT2D eigenvalue weighted by Gasteiger charge is 2.34. The van der Waals surface area contributed by atoms with Crippen LogP contribution in [0.3, 0.4) is 0 Å². The van der Waals surface area contributed by atoms with E-state index in [0.717, 1.165) is 11.6 Å². The fraction of sp³-hybridized carbons (Fsp3) is 0.179. The molecule has 0 bridgehead atoms.